The van der Waals surface area contributed by atoms with Crippen LogP contribution in [0.25, 0.3) is 0 Å². The highest BCUT2D eigenvalue weighted by atomic mass is 32.1. The molecule has 3 N–H and O–H groups in total. The molecule has 1 fully saturated rings. The smallest absolute Gasteiger partial charge is 0.267 e. The average molecular weight is 312 g/mol. The molecule has 0 aromatic carbocycles. The molecule has 1 aliphatic heterocycles. The molecule has 7 heteroatoms. The first-order chi connectivity index (χ1) is 10.2. The molecule has 6 nitrogen and oxygen atoms in total. The number of aromatic nitrogens is 1. The number of anilines is 2. The van der Waals surface area contributed by atoms with E-state index in [-0.39, 0.29) is 5.91 Å². The van der Waals surface area contributed by atoms with E-state index in [2.05, 4.69) is 10.3 Å². The minimum absolute atomic E-state index is 0.0201. The molecule has 0 bridgehead atoms. The van der Waals surface area contributed by atoms with E-state index in [9.17, 15) is 4.79 Å². The molecular weight excluding hydrogens is 288 g/mol. The molecule has 0 unspecified atom stereocenters. The molecular formula is C14H24N4O2S. The van der Waals surface area contributed by atoms with Gasteiger partial charge in [0.15, 0.2) is 5.13 Å². The van der Waals surface area contributed by atoms with E-state index >= 15 is 0 Å². The van der Waals surface area contributed by atoms with Gasteiger partial charge in [-0.15, -0.1) is 0 Å². The first kappa shape index (κ1) is 16.0. The van der Waals surface area contributed by atoms with Gasteiger partial charge < -0.3 is 20.7 Å². The third-order valence-corrected chi connectivity index (χ3v) is 4.59. The second kappa shape index (κ2) is 8.19. The molecule has 1 aromatic rings. The number of nitrogens with zero attached hydrogens (tertiary/aromatic N) is 2. The van der Waals surface area contributed by atoms with E-state index in [1.165, 1.54) is 30.6 Å². The van der Waals surface area contributed by atoms with E-state index in [0.29, 0.717) is 29.0 Å². The lowest BCUT2D eigenvalue weighted by Crippen LogP contribution is -2.33. The summed E-state index contributed by atoms with van der Waals surface area (Å²) in [7, 11) is 1.65. The Morgan fingerprint density at radius 3 is 2.67 bits per heavy atom. The van der Waals surface area contributed by atoms with E-state index in [4.69, 9.17) is 10.5 Å². The van der Waals surface area contributed by atoms with E-state index in [1.807, 2.05) is 4.90 Å². The van der Waals surface area contributed by atoms with Gasteiger partial charge >= 0.3 is 0 Å². The molecule has 0 spiro atoms. The number of rotatable bonds is 5. The first-order valence-electron chi connectivity index (χ1n) is 7.50. The molecule has 0 atom stereocenters. The predicted molar refractivity (Wildman–Crippen MR) is 85.9 cm³/mol. The lowest BCUT2D eigenvalue weighted by molar-refractivity contribution is 0.0748. The number of nitrogen functional groups attached to an aromatic ring is 1. The van der Waals surface area contributed by atoms with Crippen molar-refractivity contribution in [3.8, 4) is 0 Å². The average Bonchev–Trinajstić information content (AvgIpc) is 2.79. The molecule has 0 saturated carbocycles. The molecule has 2 heterocycles. The van der Waals surface area contributed by atoms with Gasteiger partial charge in [0.2, 0.25) is 0 Å². The second-order valence-corrected chi connectivity index (χ2v) is 6.21. The number of hydrogen-bond donors (Lipinski definition) is 2. The molecule has 1 saturated heterocycles. The van der Waals surface area contributed by atoms with Gasteiger partial charge in [0, 0.05) is 26.7 Å². The van der Waals surface area contributed by atoms with Crippen LogP contribution in [0.4, 0.5) is 10.9 Å². The summed E-state index contributed by atoms with van der Waals surface area (Å²) in [6.07, 6.45) is 5.82. The Balaban J connectivity index is 2.00. The predicted octanol–water partition coefficient (Wildman–Crippen LogP) is 2.19. The summed E-state index contributed by atoms with van der Waals surface area (Å²) in [6, 6.07) is 0. The number of likely N-dealkylation sites (tertiary alicyclic amines) is 1. The van der Waals surface area contributed by atoms with Crippen LogP contribution in [0.5, 0.6) is 0 Å². The van der Waals surface area contributed by atoms with Crippen LogP contribution in [-0.2, 0) is 4.74 Å². The third kappa shape index (κ3) is 4.57. The van der Waals surface area contributed by atoms with Crippen LogP contribution in [0, 0.1) is 0 Å². The fourth-order valence-electron chi connectivity index (χ4n) is 2.41. The van der Waals surface area contributed by atoms with E-state index < -0.39 is 0 Å². The molecule has 1 amide bonds. The van der Waals surface area contributed by atoms with Gasteiger partial charge in [0.25, 0.3) is 5.91 Å². The maximum Gasteiger partial charge on any atom is 0.267 e. The van der Waals surface area contributed by atoms with Gasteiger partial charge in [0.05, 0.1) is 6.61 Å². The van der Waals surface area contributed by atoms with Crippen molar-refractivity contribution in [2.24, 2.45) is 0 Å². The van der Waals surface area contributed by atoms with Crippen LogP contribution in [0.3, 0.4) is 0 Å². The maximum absolute atomic E-state index is 12.6. The Morgan fingerprint density at radius 1 is 1.33 bits per heavy atom. The zero-order chi connectivity index (χ0) is 15.1. The van der Waals surface area contributed by atoms with Crippen molar-refractivity contribution in [3.63, 3.8) is 0 Å². The minimum atomic E-state index is 0.0201. The summed E-state index contributed by atoms with van der Waals surface area (Å²) >= 11 is 1.33. The van der Waals surface area contributed by atoms with Gasteiger partial charge in [0.1, 0.15) is 10.7 Å². The summed E-state index contributed by atoms with van der Waals surface area (Å²) in [4.78, 5) is 19.3. The number of amides is 1. The number of carbonyl (C=O) groups excluding carboxylic acids is 1. The molecule has 1 aromatic heterocycles. The number of ether oxygens (including phenoxy) is 1. The highest BCUT2D eigenvalue weighted by Gasteiger charge is 2.22. The largest absolute Gasteiger partial charge is 0.383 e. The number of carbonyl (C=O) groups is 1. The number of hydrogen-bond acceptors (Lipinski definition) is 6. The molecule has 118 valence electrons. The maximum atomic E-state index is 12.6. The topological polar surface area (TPSA) is 80.5 Å². The van der Waals surface area contributed by atoms with Crippen molar-refractivity contribution in [3.05, 3.63) is 4.88 Å². The van der Waals surface area contributed by atoms with Crippen molar-refractivity contribution in [2.75, 3.05) is 44.4 Å². The molecule has 1 aliphatic rings. The van der Waals surface area contributed by atoms with Crippen LogP contribution in [0.1, 0.15) is 41.8 Å². The lowest BCUT2D eigenvalue weighted by Gasteiger charge is -2.24. The van der Waals surface area contributed by atoms with Gasteiger partial charge in [-0.2, -0.15) is 0 Å². The van der Waals surface area contributed by atoms with Crippen molar-refractivity contribution in [2.45, 2.75) is 32.1 Å². The van der Waals surface area contributed by atoms with Crippen molar-refractivity contribution < 1.29 is 9.53 Å². The highest BCUT2D eigenvalue weighted by molar-refractivity contribution is 7.18. The highest BCUT2D eigenvalue weighted by Crippen LogP contribution is 2.27. The fourth-order valence-corrected chi connectivity index (χ4v) is 3.29. The summed E-state index contributed by atoms with van der Waals surface area (Å²) in [5, 5.41) is 3.80. The van der Waals surface area contributed by atoms with Gasteiger partial charge in [-0.25, -0.2) is 4.98 Å². The first-order valence-corrected chi connectivity index (χ1v) is 8.32. The van der Waals surface area contributed by atoms with Gasteiger partial charge in [-0.3, -0.25) is 4.79 Å². The number of nitrogens with two attached hydrogens (primary N) is 1. The second-order valence-electron chi connectivity index (χ2n) is 5.21. The SMILES string of the molecule is COCCNc1nc(N)c(C(=O)N2CCCCCCC2)s1. The van der Waals surface area contributed by atoms with Crippen LogP contribution in [-0.4, -0.2) is 49.1 Å². The van der Waals surface area contributed by atoms with E-state index in [1.54, 1.807) is 7.11 Å². The van der Waals surface area contributed by atoms with E-state index in [0.717, 1.165) is 25.9 Å². The van der Waals surface area contributed by atoms with Gasteiger partial charge in [-0.05, 0) is 12.8 Å². The summed E-state index contributed by atoms with van der Waals surface area (Å²) < 4.78 is 4.98. The monoisotopic (exact) mass is 312 g/mol. The summed E-state index contributed by atoms with van der Waals surface area (Å²) in [5.74, 6) is 0.346. The molecule has 0 aliphatic carbocycles. The minimum Gasteiger partial charge on any atom is -0.383 e. The number of methoxy groups -OCH3 is 1. The Hall–Kier alpha value is -1.34. The van der Waals surface area contributed by atoms with Crippen molar-refractivity contribution >= 4 is 28.2 Å². The van der Waals surface area contributed by atoms with Crippen molar-refractivity contribution in [1.29, 1.82) is 0 Å². The van der Waals surface area contributed by atoms with Crippen LogP contribution >= 0.6 is 11.3 Å². The lowest BCUT2D eigenvalue weighted by atomic mass is 10.1. The fraction of sp³-hybridized carbons (Fsp3) is 0.714. The third-order valence-electron chi connectivity index (χ3n) is 3.57. The number of nitrogens with one attached hydrogen (secondary N) is 1. The Bertz CT molecular complexity index is 456. The molecule has 21 heavy (non-hydrogen) atoms. The Morgan fingerprint density at radius 2 is 2.00 bits per heavy atom. The quantitative estimate of drug-likeness (QED) is 0.815. The van der Waals surface area contributed by atoms with Crippen molar-refractivity contribution in [1.82, 2.24) is 9.88 Å². The summed E-state index contributed by atoms with van der Waals surface area (Å²) in [5.41, 5.74) is 5.90. The van der Waals surface area contributed by atoms with Crippen LogP contribution in [0.15, 0.2) is 0 Å². The summed E-state index contributed by atoms with van der Waals surface area (Å²) in [6.45, 7) is 2.89. The number of thiazole rings is 1. The van der Waals surface area contributed by atoms with Crippen LogP contribution < -0.4 is 11.1 Å². The molecule has 2 rings (SSSR count). The Kier molecular flexibility index (Phi) is 6.25. The standard InChI is InChI=1S/C14H24N4O2S/c1-20-10-7-16-14-17-12(15)11(21-14)13(19)18-8-5-3-2-4-6-9-18/h2-10,15H2,1H3,(H,16,17). The zero-order valence-corrected chi connectivity index (χ0v) is 13.4. The zero-order valence-electron chi connectivity index (χ0n) is 12.6. The van der Waals surface area contributed by atoms with Crippen LogP contribution in [0.2, 0.25) is 0 Å². The van der Waals surface area contributed by atoms with Gasteiger partial charge in [-0.1, -0.05) is 30.6 Å². The Labute approximate surface area is 129 Å². The normalized spacial score (nSPS) is 16.3. The molecule has 0 radical (unpaired) electrons.